The first-order valence-electron chi connectivity index (χ1n) is 9.80. The molecule has 0 radical (unpaired) electrons. The predicted octanol–water partition coefficient (Wildman–Crippen LogP) is 3.08. The number of ether oxygens (including phenoxy) is 1. The average molecular weight is 378 g/mol. The summed E-state index contributed by atoms with van der Waals surface area (Å²) in [6.45, 7) is 7.97. The van der Waals surface area contributed by atoms with Gasteiger partial charge >= 0.3 is 0 Å². The van der Waals surface area contributed by atoms with E-state index in [-0.39, 0.29) is 12.0 Å². The Bertz CT molecular complexity index is 908. The summed E-state index contributed by atoms with van der Waals surface area (Å²) in [6, 6.07) is 15.6. The summed E-state index contributed by atoms with van der Waals surface area (Å²) in [5.41, 5.74) is 2.88. The van der Waals surface area contributed by atoms with Crippen molar-refractivity contribution in [3.63, 3.8) is 0 Å². The third-order valence-electron chi connectivity index (χ3n) is 4.94. The number of carbonyl (C=O) groups is 1. The molecule has 0 unspecified atom stereocenters. The van der Waals surface area contributed by atoms with Crippen LogP contribution in [0.5, 0.6) is 5.75 Å². The molecule has 146 valence electrons. The summed E-state index contributed by atoms with van der Waals surface area (Å²) < 4.78 is 7.55. The fourth-order valence-corrected chi connectivity index (χ4v) is 3.54. The Hall–Kier alpha value is -2.86. The van der Waals surface area contributed by atoms with Crippen LogP contribution >= 0.6 is 0 Å². The Morgan fingerprint density at radius 1 is 1.07 bits per heavy atom. The summed E-state index contributed by atoms with van der Waals surface area (Å²) >= 11 is 0. The van der Waals surface area contributed by atoms with E-state index in [1.807, 2.05) is 65.9 Å². The molecule has 1 fully saturated rings. The molecule has 6 nitrogen and oxygen atoms in total. The maximum absolute atomic E-state index is 12.8. The maximum Gasteiger partial charge on any atom is 0.253 e. The van der Waals surface area contributed by atoms with Crippen LogP contribution in [-0.4, -0.2) is 57.6 Å². The maximum atomic E-state index is 12.8. The normalized spacial score (nSPS) is 15.3. The number of piperazine rings is 1. The molecular formula is C22H26N4O2. The second kappa shape index (κ2) is 8.02. The number of amides is 1. The topological polar surface area (TPSA) is 50.1 Å². The van der Waals surface area contributed by atoms with Gasteiger partial charge in [0.25, 0.3) is 5.91 Å². The van der Waals surface area contributed by atoms with Crippen LogP contribution in [0.15, 0.2) is 54.7 Å². The van der Waals surface area contributed by atoms with Crippen LogP contribution in [0.1, 0.15) is 29.9 Å². The number of fused-ring (bicyclic) bond motifs is 1. The Labute approximate surface area is 165 Å². The lowest BCUT2D eigenvalue weighted by Gasteiger charge is -2.34. The Kier molecular flexibility index (Phi) is 5.30. The van der Waals surface area contributed by atoms with Crippen LogP contribution in [0.25, 0.3) is 5.52 Å². The lowest BCUT2D eigenvalue weighted by Crippen LogP contribution is -2.48. The predicted molar refractivity (Wildman–Crippen MR) is 109 cm³/mol. The van der Waals surface area contributed by atoms with Gasteiger partial charge in [-0.2, -0.15) is 5.10 Å². The molecule has 0 bridgehead atoms. The summed E-state index contributed by atoms with van der Waals surface area (Å²) in [5, 5.41) is 4.62. The minimum Gasteiger partial charge on any atom is -0.491 e. The molecule has 0 atom stereocenters. The second-order valence-corrected chi connectivity index (χ2v) is 7.47. The quantitative estimate of drug-likeness (QED) is 0.685. The van der Waals surface area contributed by atoms with Gasteiger partial charge in [0.2, 0.25) is 0 Å². The van der Waals surface area contributed by atoms with E-state index in [0.717, 1.165) is 49.7 Å². The van der Waals surface area contributed by atoms with E-state index < -0.39 is 0 Å². The SMILES string of the molecule is CC(C)Oc1ccc(C(=O)N2CCN(Cc3cc4ccccn4n3)CC2)cc1. The van der Waals surface area contributed by atoms with Gasteiger partial charge in [-0.3, -0.25) is 9.69 Å². The molecule has 6 heteroatoms. The number of benzene rings is 1. The van der Waals surface area contributed by atoms with E-state index in [2.05, 4.69) is 22.1 Å². The molecule has 2 aromatic heterocycles. The largest absolute Gasteiger partial charge is 0.491 e. The van der Waals surface area contributed by atoms with Crippen molar-refractivity contribution in [3.8, 4) is 5.75 Å². The van der Waals surface area contributed by atoms with Gasteiger partial charge < -0.3 is 9.64 Å². The van der Waals surface area contributed by atoms with Crippen LogP contribution in [0, 0.1) is 0 Å². The molecule has 4 rings (SSSR count). The smallest absolute Gasteiger partial charge is 0.253 e. The van der Waals surface area contributed by atoms with Crippen LogP contribution in [0.4, 0.5) is 0 Å². The van der Waals surface area contributed by atoms with Gasteiger partial charge in [-0.05, 0) is 56.3 Å². The first-order valence-corrected chi connectivity index (χ1v) is 9.80. The first kappa shape index (κ1) is 18.5. The van der Waals surface area contributed by atoms with E-state index in [1.165, 1.54) is 0 Å². The molecule has 1 saturated heterocycles. The lowest BCUT2D eigenvalue weighted by atomic mass is 10.1. The summed E-state index contributed by atoms with van der Waals surface area (Å²) in [5.74, 6) is 0.882. The van der Waals surface area contributed by atoms with Crippen molar-refractivity contribution in [2.75, 3.05) is 26.2 Å². The van der Waals surface area contributed by atoms with E-state index in [1.54, 1.807) is 0 Å². The first-order chi connectivity index (χ1) is 13.6. The highest BCUT2D eigenvalue weighted by Gasteiger charge is 2.22. The van der Waals surface area contributed by atoms with E-state index in [0.29, 0.717) is 5.56 Å². The van der Waals surface area contributed by atoms with Gasteiger partial charge in [0.1, 0.15) is 5.75 Å². The van der Waals surface area contributed by atoms with Crippen LogP contribution < -0.4 is 4.74 Å². The molecule has 0 spiro atoms. The summed E-state index contributed by atoms with van der Waals surface area (Å²) in [4.78, 5) is 17.0. The van der Waals surface area contributed by atoms with Crippen molar-refractivity contribution >= 4 is 11.4 Å². The second-order valence-electron chi connectivity index (χ2n) is 7.47. The lowest BCUT2D eigenvalue weighted by molar-refractivity contribution is 0.0627. The van der Waals surface area contributed by atoms with Gasteiger partial charge in [-0.25, -0.2) is 4.52 Å². The number of aromatic nitrogens is 2. The van der Waals surface area contributed by atoms with E-state index in [9.17, 15) is 4.79 Å². The summed E-state index contributed by atoms with van der Waals surface area (Å²) in [6.07, 6.45) is 2.09. The van der Waals surface area contributed by atoms with Crippen LogP contribution in [0.3, 0.4) is 0 Å². The Morgan fingerprint density at radius 3 is 2.50 bits per heavy atom. The highest BCUT2D eigenvalue weighted by Crippen LogP contribution is 2.17. The third-order valence-corrected chi connectivity index (χ3v) is 4.94. The van der Waals surface area contributed by atoms with Crippen molar-refractivity contribution in [1.82, 2.24) is 19.4 Å². The molecule has 0 saturated carbocycles. The zero-order chi connectivity index (χ0) is 19.5. The molecule has 1 aromatic carbocycles. The Balaban J connectivity index is 1.32. The average Bonchev–Trinajstić information content (AvgIpc) is 3.10. The van der Waals surface area contributed by atoms with Gasteiger partial charge in [0.15, 0.2) is 0 Å². The third kappa shape index (κ3) is 4.17. The molecule has 1 aliphatic heterocycles. The van der Waals surface area contributed by atoms with Crippen molar-refractivity contribution in [2.45, 2.75) is 26.5 Å². The molecule has 3 aromatic rings. The standard InChI is InChI=1S/C22H26N4O2/c1-17(2)28-21-8-6-18(7-9-21)22(27)25-13-11-24(12-14-25)16-19-15-20-5-3-4-10-26(20)23-19/h3-10,15,17H,11-14,16H2,1-2H3. The highest BCUT2D eigenvalue weighted by molar-refractivity contribution is 5.94. The fraction of sp³-hybridized carbons (Fsp3) is 0.364. The Morgan fingerprint density at radius 2 is 1.82 bits per heavy atom. The molecule has 3 heterocycles. The van der Waals surface area contributed by atoms with E-state index in [4.69, 9.17) is 4.74 Å². The molecule has 1 amide bonds. The monoisotopic (exact) mass is 378 g/mol. The van der Waals surface area contributed by atoms with Gasteiger partial charge in [-0.15, -0.1) is 0 Å². The van der Waals surface area contributed by atoms with Gasteiger partial charge in [0.05, 0.1) is 17.3 Å². The van der Waals surface area contributed by atoms with E-state index >= 15 is 0 Å². The molecular weight excluding hydrogens is 352 g/mol. The zero-order valence-corrected chi connectivity index (χ0v) is 16.4. The van der Waals surface area contributed by atoms with Crippen molar-refractivity contribution < 1.29 is 9.53 Å². The molecule has 0 N–H and O–H groups in total. The summed E-state index contributed by atoms with van der Waals surface area (Å²) in [7, 11) is 0. The number of carbonyl (C=O) groups excluding carboxylic acids is 1. The number of pyridine rings is 1. The fourth-order valence-electron chi connectivity index (χ4n) is 3.54. The molecule has 28 heavy (non-hydrogen) atoms. The van der Waals surface area contributed by atoms with Crippen molar-refractivity contribution in [1.29, 1.82) is 0 Å². The number of hydrogen-bond acceptors (Lipinski definition) is 4. The minimum absolute atomic E-state index is 0.0866. The number of hydrogen-bond donors (Lipinski definition) is 0. The molecule has 0 aliphatic carbocycles. The zero-order valence-electron chi connectivity index (χ0n) is 16.4. The van der Waals surface area contributed by atoms with Crippen molar-refractivity contribution in [3.05, 3.63) is 66.0 Å². The number of nitrogens with zero attached hydrogens (tertiary/aromatic N) is 4. The minimum atomic E-state index is 0.0866. The van der Waals surface area contributed by atoms with Crippen LogP contribution in [0.2, 0.25) is 0 Å². The number of rotatable bonds is 5. The van der Waals surface area contributed by atoms with Crippen LogP contribution in [-0.2, 0) is 6.54 Å². The van der Waals surface area contributed by atoms with Crippen molar-refractivity contribution in [2.24, 2.45) is 0 Å². The van der Waals surface area contributed by atoms with Gasteiger partial charge in [-0.1, -0.05) is 6.07 Å². The molecule has 1 aliphatic rings. The highest BCUT2D eigenvalue weighted by atomic mass is 16.5. The van der Waals surface area contributed by atoms with Gasteiger partial charge in [0, 0.05) is 44.5 Å².